The predicted octanol–water partition coefficient (Wildman–Crippen LogP) is 3.24. The van der Waals surface area contributed by atoms with Gasteiger partial charge in [-0.1, -0.05) is 30.3 Å². The van der Waals surface area contributed by atoms with Crippen LogP contribution in [0.5, 0.6) is 0 Å². The van der Waals surface area contributed by atoms with E-state index < -0.39 is 0 Å². The van der Waals surface area contributed by atoms with E-state index in [0.29, 0.717) is 5.56 Å². The van der Waals surface area contributed by atoms with Crippen molar-refractivity contribution < 1.29 is 4.79 Å². The fourth-order valence-electron chi connectivity index (χ4n) is 3.30. The molecule has 1 saturated heterocycles. The molecule has 5 nitrogen and oxygen atoms in total. The van der Waals surface area contributed by atoms with Gasteiger partial charge in [0.05, 0.1) is 11.7 Å². The van der Waals surface area contributed by atoms with Crippen molar-refractivity contribution in [1.29, 1.82) is 0 Å². The minimum Gasteiger partial charge on any atom is -0.332 e. The number of hydrogen-bond donors (Lipinski definition) is 0. The maximum Gasteiger partial charge on any atom is 0.254 e. The molecule has 1 amide bonds. The topological polar surface area (TPSA) is 51.0 Å². The Morgan fingerprint density at radius 3 is 2.54 bits per heavy atom. The predicted molar refractivity (Wildman–Crippen MR) is 90.8 cm³/mol. The van der Waals surface area contributed by atoms with Crippen LogP contribution in [-0.4, -0.2) is 32.1 Å². The second-order valence-electron chi connectivity index (χ2n) is 5.95. The van der Waals surface area contributed by atoms with Crippen molar-refractivity contribution in [2.45, 2.75) is 18.9 Å². The van der Waals surface area contributed by atoms with Gasteiger partial charge < -0.3 is 4.90 Å². The van der Waals surface area contributed by atoms with Crippen LogP contribution in [0.3, 0.4) is 0 Å². The second kappa shape index (κ2) is 6.28. The summed E-state index contributed by atoms with van der Waals surface area (Å²) in [4.78, 5) is 18.8. The van der Waals surface area contributed by atoms with Crippen LogP contribution in [0, 0.1) is 0 Å². The van der Waals surface area contributed by atoms with Crippen LogP contribution < -0.4 is 0 Å². The monoisotopic (exact) mass is 318 g/mol. The second-order valence-corrected chi connectivity index (χ2v) is 5.95. The third-order valence-electron chi connectivity index (χ3n) is 4.50. The van der Waals surface area contributed by atoms with Crippen LogP contribution in [0.25, 0.3) is 5.69 Å². The molecule has 1 aliphatic rings. The van der Waals surface area contributed by atoms with E-state index in [1.165, 1.54) is 11.9 Å². The smallest absolute Gasteiger partial charge is 0.254 e. The summed E-state index contributed by atoms with van der Waals surface area (Å²) in [7, 11) is 0. The molecule has 0 radical (unpaired) electrons. The molecular formula is C19H18N4O. The molecular weight excluding hydrogens is 300 g/mol. The van der Waals surface area contributed by atoms with Gasteiger partial charge in [0.1, 0.15) is 12.7 Å². The zero-order chi connectivity index (χ0) is 16.4. The molecule has 3 aromatic rings. The maximum atomic E-state index is 12.9. The molecule has 0 aliphatic carbocycles. The van der Waals surface area contributed by atoms with E-state index in [-0.39, 0.29) is 11.9 Å². The zero-order valence-corrected chi connectivity index (χ0v) is 13.2. The lowest BCUT2D eigenvalue weighted by molar-refractivity contribution is 0.0735. The Kier molecular flexibility index (Phi) is 3.83. The van der Waals surface area contributed by atoms with Crippen molar-refractivity contribution in [3.8, 4) is 5.69 Å². The Labute approximate surface area is 140 Å². The van der Waals surface area contributed by atoms with E-state index in [9.17, 15) is 4.79 Å². The summed E-state index contributed by atoms with van der Waals surface area (Å²) in [5.74, 6) is 0.0893. The molecule has 24 heavy (non-hydrogen) atoms. The van der Waals surface area contributed by atoms with E-state index in [1.807, 2.05) is 47.4 Å². The van der Waals surface area contributed by atoms with Crippen LogP contribution in [0.2, 0.25) is 0 Å². The van der Waals surface area contributed by atoms with E-state index in [1.54, 1.807) is 11.0 Å². The average molecular weight is 318 g/mol. The number of rotatable bonds is 3. The highest BCUT2D eigenvalue weighted by molar-refractivity contribution is 5.94. The number of benzene rings is 2. The van der Waals surface area contributed by atoms with Gasteiger partial charge in [-0.3, -0.25) is 4.79 Å². The maximum absolute atomic E-state index is 12.9. The molecule has 1 atom stereocenters. The quantitative estimate of drug-likeness (QED) is 0.745. The van der Waals surface area contributed by atoms with Crippen LogP contribution in [0.4, 0.5) is 0 Å². The number of nitrogens with zero attached hydrogens (tertiary/aromatic N) is 4. The summed E-state index contributed by atoms with van der Waals surface area (Å²) in [6.45, 7) is 0.809. The fourth-order valence-corrected chi connectivity index (χ4v) is 3.30. The van der Waals surface area contributed by atoms with Crippen LogP contribution >= 0.6 is 0 Å². The first kappa shape index (κ1) is 14.6. The van der Waals surface area contributed by atoms with Gasteiger partial charge in [-0.15, -0.1) is 0 Å². The first-order valence-electron chi connectivity index (χ1n) is 8.14. The van der Waals surface area contributed by atoms with Gasteiger partial charge in [0.15, 0.2) is 0 Å². The SMILES string of the molecule is O=C(c1ccc(-n2cncn2)cc1)N1CCCC1c1ccccc1. The molecule has 2 heterocycles. The van der Waals surface area contributed by atoms with E-state index >= 15 is 0 Å². The Balaban J connectivity index is 1.56. The van der Waals surface area contributed by atoms with Crippen molar-refractivity contribution in [1.82, 2.24) is 19.7 Å². The Hall–Kier alpha value is -2.95. The molecule has 0 spiro atoms. The third kappa shape index (κ3) is 2.69. The van der Waals surface area contributed by atoms with Crippen LogP contribution in [0.1, 0.15) is 34.8 Å². The van der Waals surface area contributed by atoms with Gasteiger partial charge in [0.25, 0.3) is 5.91 Å². The lowest BCUT2D eigenvalue weighted by atomic mass is 10.0. The minimum atomic E-state index is 0.0893. The summed E-state index contributed by atoms with van der Waals surface area (Å²) < 4.78 is 1.68. The van der Waals surface area contributed by atoms with Crippen LogP contribution in [-0.2, 0) is 0 Å². The number of aromatic nitrogens is 3. The molecule has 1 aliphatic heterocycles. The van der Waals surface area contributed by atoms with Crippen molar-refractivity contribution in [3.05, 3.63) is 78.4 Å². The van der Waals surface area contributed by atoms with Gasteiger partial charge in [-0.05, 0) is 42.7 Å². The minimum absolute atomic E-state index is 0.0893. The fraction of sp³-hybridized carbons (Fsp3) is 0.211. The zero-order valence-electron chi connectivity index (χ0n) is 13.2. The molecule has 1 unspecified atom stereocenters. The summed E-state index contributed by atoms with van der Waals surface area (Å²) in [6, 6.07) is 18.0. The van der Waals surface area contributed by atoms with E-state index in [2.05, 4.69) is 22.2 Å². The molecule has 0 bridgehead atoms. The molecule has 5 heteroatoms. The molecule has 1 fully saturated rings. The first-order valence-corrected chi connectivity index (χ1v) is 8.14. The first-order chi connectivity index (χ1) is 11.8. The molecule has 0 saturated carbocycles. The van der Waals surface area contributed by atoms with Crippen molar-refractivity contribution in [2.75, 3.05) is 6.54 Å². The number of carbonyl (C=O) groups is 1. The molecule has 1 aromatic heterocycles. The lowest BCUT2D eigenvalue weighted by Gasteiger charge is -2.25. The van der Waals surface area contributed by atoms with Gasteiger partial charge in [-0.2, -0.15) is 5.10 Å². The molecule has 2 aromatic carbocycles. The summed E-state index contributed by atoms with van der Waals surface area (Å²) in [6.07, 6.45) is 5.20. The summed E-state index contributed by atoms with van der Waals surface area (Å²) in [5.41, 5.74) is 2.81. The standard InChI is InChI=1S/C19H18N4O/c24-19(16-8-10-17(11-9-16)23-14-20-13-21-23)22-12-4-7-18(22)15-5-2-1-3-6-15/h1-3,5-6,8-11,13-14,18H,4,7,12H2. The van der Waals surface area contributed by atoms with Crippen LogP contribution in [0.15, 0.2) is 67.3 Å². The van der Waals surface area contributed by atoms with Crippen molar-refractivity contribution in [2.24, 2.45) is 0 Å². The number of hydrogen-bond acceptors (Lipinski definition) is 3. The van der Waals surface area contributed by atoms with Gasteiger partial charge in [0, 0.05) is 12.1 Å². The van der Waals surface area contributed by atoms with Gasteiger partial charge in [-0.25, -0.2) is 9.67 Å². The Bertz CT molecular complexity index is 812. The van der Waals surface area contributed by atoms with Gasteiger partial charge in [0.2, 0.25) is 0 Å². The van der Waals surface area contributed by atoms with Crippen molar-refractivity contribution >= 4 is 5.91 Å². The number of amides is 1. The highest BCUT2D eigenvalue weighted by Crippen LogP contribution is 2.33. The number of likely N-dealkylation sites (tertiary alicyclic amines) is 1. The highest BCUT2D eigenvalue weighted by atomic mass is 16.2. The number of carbonyl (C=O) groups excluding carboxylic acids is 1. The van der Waals surface area contributed by atoms with Gasteiger partial charge >= 0.3 is 0 Å². The van der Waals surface area contributed by atoms with E-state index in [4.69, 9.17) is 0 Å². The molecule has 4 rings (SSSR count). The molecule has 120 valence electrons. The lowest BCUT2D eigenvalue weighted by Crippen LogP contribution is -2.30. The van der Waals surface area contributed by atoms with Crippen molar-refractivity contribution in [3.63, 3.8) is 0 Å². The summed E-state index contributed by atoms with van der Waals surface area (Å²) >= 11 is 0. The molecule has 0 N–H and O–H groups in total. The average Bonchev–Trinajstić information content (AvgIpc) is 3.34. The largest absolute Gasteiger partial charge is 0.332 e. The Morgan fingerprint density at radius 1 is 1.04 bits per heavy atom. The van der Waals surface area contributed by atoms with E-state index in [0.717, 1.165) is 25.1 Å². The highest BCUT2D eigenvalue weighted by Gasteiger charge is 2.30. The summed E-state index contributed by atoms with van der Waals surface area (Å²) in [5, 5.41) is 4.10. The Morgan fingerprint density at radius 2 is 1.83 bits per heavy atom. The third-order valence-corrected chi connectivity index (χ3v) is 4.50. The normalized spacial score (nSPS) is 17.2.